The largest absolute Gasteiger partial charge is 0.427 e. The molecule has 2 aromatic carbocycles. The topological polar surface area (TPSA) is 69.4 Å². The maximum Gasteiger partial charge on any atom is 0.308 e. The Balaban J connectivity index is 2.17. The fraction of sp³-hybridized carbons (Fsp3) is 0.235. The predicted octanol–water partition coefficient (Wildman–Crippen LogP) is 3.83. The first kappa shape index (κ1) is 14.3. The first-order valence-electron chi connectivity index (χ1n) is 6.93. The van der Waals surface area contributed by atoms with E-state index in [4.69, 9.17) is 4.74 Å². The maximum absolute atomic E-state index is 11.1. The summed E-state index contributed by atoms with van der Waals surface area (Å²) in [5.74, 6) is 0.116. The second-order valence-corrected chi connectivity index (χ2v) is 5.91. The van der Waals surface area contributed by atoms with Crippen LogP contribution in [0.2, 0.25) is 0 Å². The number of ether oxygens (including phenoxy) is 1. The van der Waals surface area contributed by atoms with Gasteiger partial charge in [-0.2, -0.15) is 0 Å². The van der Waals surface area contributed by atoms with Crippen LogP contribution in [0.25, 0.3) is 11.1 Å². The van der Waals surface area contributed by atoms with Gasteiger partial charge in [-0.15, -0.1) is 0 Å². The van der Waals surface area contributed by atoms with Gasteiger partial charge in [-0.3, -0.25) is 14.9 Å². The molecular formula is C17H15NO4. The van der Waals surface area contributed by atoms with Crippen molar-refractivity contribution in [1.29, 1.82) is 0 Å². The second kappa shape index (κ2) is 4.66. The van der Waals surface area contributed by atoms with Gasteiger partial charge in [0, 0.05) is 24.5 Å². The van der Waals surface area contributed by atoms with Crippen molar-refractivity contribution >= 4 is 11.7 Å². The molecule has 112 valence electrons. The van der Waals surface area contributed by atoms with E-state index >= 15 is 0 Å². The third-order valence-corrected chi connectivity index (χ3v) is 4.10. The van der Waals surface area contributed by atoms with Crippen molar-refractivity contribution in [3.8, 4) is 16.9 Å². The van der Waals surface area contributed by atoms with Gasteiger partial charge in [0.15, 0.2) is 0 Å². The van der Waals surface area contributed by atoms with Gasteiger partial charge in [-0.05, 0) is 40.5 Å². The van der Waals surface area contributed by atoms with Gasteiger partial charge < -0.3 is 4.74 Å². The molecule has 22 heavy (non-hydrogen) atoms. The summed E-state index contributed by atoms with van der Waals surface area (Å²) < 4.78 is 5.15. The maximum atomic E-state index is 11.1. The van der Waals surface area contributed by atoms with Crippen molar-refractivity contribution in [2.45, 2.75) is 26.2 Å². The molecule has 0 spiro atoms. The molecule has 0 bridgehead atoms. The molecule has 0 heterocycles. The molecule has 0 aliphatic heterocycles. The molecule has 0 fully saturated rings. The first-order valence-corrected chi connectivity index (χ1v) is 6.93. The van der Waals surface area contributed by atoms with Gasteiger partial charge in [-0.25, -0.2) is 0 Å². The van der Waals surface area contributed by atoms with Crippen LogP contribution in [0.15, 0.2) is 36.4 Å². The van der Waals surface area contributed by atoms with Crippen molar-refractivity contribution in [2.24, 2.45) is 0 Å². The Bertz CT molecular complexity index is 808. The number of nitro groups is 1. The Hall–Kier alpha value is -2.69. The zero-order valence-electron chi connectivity index (χ0n) is 12.5. The average Bonchev–Trinajstić information content (AvgIpc) is 2.66. The van der Waals surface area contributed by atoms with Crippen LogP contribution in [0, 0.1) is 10.1 Å². The Morgan fingerprint density at radius 3 is 2.27 bits per heavy atom. The molecule has 3 rings (SSSR count). The lowest BCUT2D eigenvalue weighted by atomic mass is 9.82. The zero-order chi connectivity index (χ0) is 16.1. The van der Waals surface area contributed by atoms with E-state index in [2.05, 4.69) is 0 Å². The normalized spacial score (nSPS) is 14.1. The number of esters is 1. The van der Waals surface area contributed by atoms with Crippen LogP contribution in [-0.4, -0.2) is 10.9 Å². The van der Waals surface area contributed by atoms with E-state index in [0.717, 1.165) is 22.3 Å². The molecule has 0 amide bonds. The number of nitro benzene ring substituents is 1. The highest BCUT2D eigenvalue weighted by molar-refractivity contribution is 5.82. The number of benzene rings is 2. The third kappa shape index (κ3) is 2.06. The molecule has 1 aliphatic rings. The lowest BCUT2D eigenvalue weighted by molar-refractivity contribution is -0.384. The van der Waals surface area contributed by atoms with Crippen LogP contribution in [0.5, 0.6) is 5.75 Å². The number of hydrogen-bond acceptors (Lipinski definition) is 4. The smallest absolute Gasteiger partial charge is 0.308 e. The van der Waals surface area contributed by atoms with Gasteiger partial charge in [0.1, 0.15) is 5.75 Å². The highest BCUT2D eigenvalue weighted by Crippen LogP contribution is 2.50. The minimum absolute atomic E-state index is 0.0832. The summed E-state index contributed by atoms with van der Waals surface area (Å²) in [6.07, 6.45) is 0. The molecule has 0 saturated heterocycles. The number of carbonyl (C=O) groups is 1. The highest BCUT2D eigenvalue weighted by Gasteiger charge is 2.37. The number of carbonyl (C=O) groups excluding carboxylic acids is 1. The van der Waals surface area contributed by atoms with Gasteiger partial charge in [0.25, 0.3) is 5.69 Å². The summed E-state index contributed by atoms with van der Waals surface area (Å²) in [5, 5.41) is 11.0. The lowest BCUT2D eigenvalue weighted by Crippen LogP contribution is -2.15. The summed E-state index contributed by atoms with van der Waals surface area (Å²) in [6.45, 7) is 5.38. The van der Waals surface area contributed by atoms with E-state index in [1.807, 2.05) is 26.0 Å². The Morgan fingerprint density at radius 2 is 1.68 bits per heavy atom. The number of nitrogens with zero attached hydrogens (tertiary/aromatic N) is 1. The number of hydrogen-bond donors (Lipinski definition) is 0. The van der Waals surface area contributed by atoms with Crippen LogP contribution >= 0.6 is 0 Å². The van der Waals surface area contributed by atoms with E-state index in [-0.39, 0.29) is 22.0 Å². The lowest BCUT2D eigenvalue weighted by Gasteiger charge is -2.21. The number of rotatable bonds is 2. The summed E-state index contributed by atoms with van der Waals surface area (Å²) in [7, 11) is 0. The molecule has 0 N–H and O–H groups in total. The fourth-order valence-corrected chi connectivity index (χ4v) is 3.05. The van der Waals surface area contributed by atoms with Gasteiger partial charge in [0.05, 0.1) is 4.92 Å². The van der Waals surface area contributed by atoms with Crippen LogP contribution in [0.1, 0.15) is 31.9 Å². The fourth-order valence-electron chi connectivity index (χ4n) is 3.05. The number of non-ortho nitro benzene ring substituents is 1. The molecule has 5 heteroatoms. The molecule has 0 saturated carbocycles. The first-order chi connectivity index (χ1) is 10.3. The Morgan fingerprint density at radius 1 is 1.09 bits per heavy atom. The monoisotopic (exact) mass is 297 g/mol. The van der Waals surface area contributed by atoms with E-state index in [0.29, 0.717) is 5.75 Å². The van der Waals surface area contributed by atoms with Gasteiger partial charge >= 0.3 is 5.97 Å². The van der Waals surface area contributed by atoms with Crippen LogP contribution in [0.3, 0.4) is 0 Å². The minimum atomic E-state index is -0.385. The van der Waals surface area contributed by atoms with E-state index < -0.39 is 0 Å². The molecule has 0 radical (unpaired) electrons. The highest BCUT2D eigenvalue weighted by atomic mass is 16.6. The standard InChI is InChI=1S/C17H15NO4/c1-10(19)22-12-5-7-14-13-6-4-11(18(20)21)8-15(13)17(2,3)16(14)9-12/h4-9H,1-3H3. The van der Waals surface area contributed by atoms with Gasteiger partial charge in [0.2, 0.25) is 0 Å². The summed E-state index contributed by atoms with van der Waals surface area (Å²) in [6, 6.07) is 10.4. The second-order valence-electron chi connectivity index (χ2n) is 5.91. The van der Waals surface area contributed by atoms with Crippen LogP contribution < -0.4 is 4.74 Å². The Labute approximate surface area is 127 Å². The summed E-state index contributed by atoms with van der Waals surface area (Å²) in [5.41, 5.74) is 3.62. The number of fused-ring (bicyclic) bond motifs is 3. The molecule has 1 aliphatic carbocycles. The zero-order valence-corrected chi connectivity index (χ0v) is 12.5. The van der Waals surface area contributed by atoms with Crippen molar-refractivity contribution < 1.29 is 14.5 Å². The summed E-state index contributed by atoms with van der Waals surface area (Å²) >= 11 is 0. The van der Waals surface area contributed by atoms with Crippen LogP contribution in [0.4, 0.5) is 5.69 Å². The molecule has 0 atom stereocenters. The quantitative estimate of drug-likeness (QED) is 0.365. The minimum Gasteiger partial charge on any atom is -0.427 e. The molecule has 0 unspecified atom stereocenters. The SMILES string of the molecule is CC(=O)Oc1ccc2c(c1)C(C)(C)c1cc([N+](=O)[O-])ccc1-2. The van der Waals surface area contributed by atoms with Crippen molar-refractivity contribution in [2.75, 3.05) is 0 Å². The Kier molecular flexibility index (Phi) is 3.02. The van der Waals surface area contributed by atoms with Crippen molar-refractivity contribution in [1.82, 2.24) is 0 Å². The third-order valence-electron chi connectivity index (χ3n) is 4.10. The molecule has 0 aromatic heterocycles. The van der Waals surface area contributed by atoms with Crippen LogP contribution in [-0.2, 0) is 10.2 Å². The van der Waals surface area contributed by atoms with E-state index in [9.17, 15) is 14.9 Å². The molecule has 5 nitrogen and oxygen atoms in total. The van der Waals surface area contributed by atoms with Crippen molar-refractivity contribution in [3.63, 3.8) is 0 Å². The average molecular weight is 297 g/mol. The van der Waals surface area contributed by atoms with E-state index in [1.165, 1.54) is 13.0 Å². The van der Waals surface area contributed by atoms with Gasteiger partial charge in [-0.1, -0.05) is 19.9 Å². The molecular weight excluding hydrogens is 282 g/mol. The van der Waals surface area contributed by atoms with E-state index in [1.54, 1.807) is 18.2 Å². The predicted molar refractivity (Wildman–Crippen MR) is 82.0 cm³/mol. The van der Waals surface area contributed by atoms with Crippen molar-refractivity contribution in [3.05, 3.63) is 57.6 Å². The summed E-state index contributed by atoms with van der Waals surface area (Å²) in [4.78, 5) is 21.7. The molecule has 2 aromatic rings.